The summed E-state index contributed by atoms with van der Waals surface area (Å²) < 4.78 is 0. The van der Waals surface area contributed by atoms with Crippen LogP contribution in [0.4, 0.5) is 0 Å². The molecule has 2 rings (SSSR count). The molecule has 0 aliphatic rings. The first kappa shape index (κ1) is 14.5. The van der Waals surface area contributed by atoms with Gasteiger partial charge < -0.3 is 0 Å². The van der Waals surface area contributed by atoms with Gasteiger partial charge in [0.2, 0.25) is 0 Å². The third-order valence-electron chi connectivity index (χ3n) is 3.63. The fraction of sp³-hybridized carbons (Fsp3) is 0.294. The van der Waals surface area contributed by atoms with E-state index in [0.717, 1.165) is 16.2 Å². The van der Waals surface area contributed by atoms with E-state index in [2.05, 4.69) is 87.6 Å². The largest absolute Gasteiger partial charge is 0.143 e. The number of hydrogen-bond donors (Lipinski definition) is 2. The van der Waals surface area contributed by atoms with E-state index in [1.807, 2.05) is 0 Å². The molecule has 0 bridgehead atoms. The molecule has 2 heteroatoms. The van der Waals surface area contributed by atoms with Gasteiger partial charge >= 0.3 is 0 Å². The Bertz CT molecular complexity index is 464. The SMILES string of the molecule is CC(CC(C)c1ccc(S)cc1)c1ccc(S)cc1. The number of hydrogen-bond acceptors (Lipinski definition) is 2. The van der Waals surface area contributed by atoms with Crippen molar-refractivity contribution in [3.8, 4) is 0 Å². The summed E-state index contributed by atoms with van der Waals surface area (Å²) in [6.07, 6.45) is 1.15. The molecule has 0 nitrogen and oxygen atoms in total. The maximum Gasteiger partial charge on any atom is 0.00401 e. The van der Waals surface area contributed by atoms with E-state index >= 15 is 0 Å². The van der Waals surface area contributed by atoms with Crippen molar-refractivity contribution in [3.63, 3.8) is 0 Å². The van der Waals surface area contributed by atoms with Crippen molar-refractivity contribution < 1.29 is 0 Å². The van der Waals surface area contributed by atoms with Crippen molar-refractivity contribution in [1.29, 1.82) is 0 Å². The highest BCUT2D eigenvalue weighted by Crippen LogP contribution is 2.30. The van der Waals surface area contributed by atoms with E-state index in [9.17, 15) is 0 Å². The first-order chi connectivity index (χ1) is 9.06. The molecule has 0 aromatic heterocycles. The van der Waals surface area contributed by atoms with Crippen LogP contribution in [0.2, 0.25) is 0 Å². The van der Waals surface area contributed by atoms with Crippen molar-refractivity contribution in [2.24, 2.45) is 0 Å². The molecule has 2 aromatic rings. The van der Waals surface area contributed by atoms with Crippen LogP contribution in [0.3, 0.4) is 0 Å². The van der Waals surface area contributed by atoms with E-state index in [4.69, 9.17) is 0 Å². The molecule has 19 heavy (non-hydrogen) atoms. The van der Waals surface area contributed by atoms with Crippen molar-refractivity contribution in [1.82, 2.24) is 0 Å². The molecular weight excluding hydrogens is 268 g/mol. The van der Waals surface area contributed by atoms with Gasteiger partial charge in [-0.1, -0.05) is 38.1 Å². The first-order valence-electron chi connectivity index (χ1n) is 6.64. The molecule has 2 unspecified atom stereocenters. The Balaban J connectivity index is 2.03. The topological polar surface area (TPSA) is 0 Å². The molecule has 2 atom stereocenters. The Labute approximate surface area is 127 Å². The number of benzene rings is 2. The average Bonchev–Trinajstić information content (AvgIpc) is 2.40. The number of rotatable bonds is 4. The summed E-state index contributed by atoms with van der Waals surface area (Å²) in [4.78, 5) is 2.04. The predicted molar refractivity (Wildman–Crippen MR) is 88.8 cm³/mol. The van der Waals surface area contributed by atoms with Gasteiger partial charge in [0.05, 0.1) is 0 Å². The van der Waals surface area contributed by atoms with Crippen molar-refractivity contribution in [2.75, 3.05) is 0 Å². The van der Waals surface area contributed by atoms with Crippen molar-refractivity contribution in [3.05, 3.63) is 59.7 Å². The van der Waals surface area contributed by atoms with E-state index < -0.39 is 0 Å². The normalized spacial score (nSPS) is 14.1. The third-order valence-corrected chi connectivity index (χ3v) is 4.23. The summed E-state index contributed by atoms with van der Waals surface area (Å²) in [5, 5.41) is 0. The van der Waals surface area contributed by atoms with Gasteiger partial charge in [-0.3, -0.25) is 0 Å². The summed E-state index contributed by atoms with van der Waals surface area (Å²) >= 11 is 8.66. The smallest absolute Gasteiger partial charge is 0.00401 e. The lowest BCUT2D eigenvalue weighted by Gasteiger charge is -2.18. The summed E-state index contributed by atoms with van der Waals surface area (Å²) in [5.41, 5.74) is 2.77. The molecule has 2 aromatic carbocycles. The molecule has 0 aliphatic heterocycles. The second-order valence-corrected chi connectivity index (χ2v) is 6.25. The lowest BCUT2D eigenvalue weighted by atomic mass is 9.87. The molecule has 0 fully saturated rings. The molecule has 100 valence electrons. The van der Waals surface area contributed by atoms with E-state index in [-0.39, 0.29) is 0 Å². The lowest BCUT2D eigenvalue weighted by Crippen LogP contribution is -2.01. The fourth-order valence-corrected chi connectivity index (χ4v) is 2.71. The van der Waals surface area contributed by atoms with Crippen LogP contribution in [0.5, 0.6) is 0 Å². The second-order valence-electron chi connectivity index (χ2n) is 5.22. The number of thiol groups is 2. The minimum Gasteiger partial charge on any atom is -0.143 e. The van der Waals surface area contributed by atoms with Crippen LogP contribution >= 0.6 is 25.3 Å². The molecule has 0 aliphatic carbocycles. The third kappa shape index (κ3) is 4.05. The minimum absolute atomic E-state index is 0.555. The first-order valence-corrected chi connectivity index (χ1v) is 7.53. The fourth-order valence-electron chi connectivity index (χ4n) is 2.41. The van der Waals surface area contributed by atoms with Crippen LogP contribution in [-0.2, 0) is 0 Å². The highest BCUT2D eigenvalue weighted by atomic mass is 32.1. The molecule has 0 spiro atoms. The summed E-state index contributed by atoms with van der Waals surface area (Å²) in [5.74, 6) is 1.11. The van der Waals surface area contributed by atoms with Crippen LogP contribution in [0, 0.1) is 0 Å². The Kier molecular flexibility index (Phi) is 5.00. The summed E-state index contributed by atoms with van der Waals surface area (Å²) in [7, 11) is 0. The van der Waals surface area contributed by atoms with Crippen LogP contribution in [0.1, 0.15) is 43.2 Å². The minimum atomic E-state index is 0.555. The van der Waals surface area contributed by atoms with Gasteiger partial charge in [0.25, 0.3) is 0 Å². The zero-order chi connectivity index (χ0) is 13.8. The average molecular weight is 288 g/mol. The van der Waals surface area contributed by atoms with Gasteiger partial charge in [0.1, 0.15) is 0 Å². The lowest BCUT2D eigenvalue weighted by molar-refractivity contribution is 0.592. The van der Waals surface area contributed by atoms with Crippen LogP contribution in [0.15, 0.2) is 58.3 Å². The highest BCUT2D eigenvalue weighted by molar-refractivity contribution is 7.80. The quantitative estimate of drug-likeness (QED) is 0.676. The van der Waals surface area contributed by atoms with Crippen LogP contribution in [-0.4, -0.2) is 0 Å². The zero-order valence-corrected chi connectivity index (χ0v) is 13.2. The van der Waals surface area contributed by atoms with Crippen molar-refractivity contribution >= 4 is 25.3 Å². The van der Waals surface area contributed by atoms with Gasteiger partial charge in [0, 0.05) is 9.79 Å². The Morgan fingerprint density at radius 2 is 1.00 bits per heavy atom. The van der Waals surface area contributed by atoms with E-state index in [1.54, 1.807) is 0 Å². The van der Waals surface area contributed by atoms with Gasteiger partial charge in [-0.15, -0.1) is 25.3 Å². The molecule has 0 radical (unpaired) electrons. The Morgan fingerprint density at radius 1 is 0.684 bits per heavy atom. The monoisotopic (exact) mass is 288 g/mol. The highest BCUT2D eigenvalue weighted by Gasteiger charge is 2.12. The van der Waals surface area contributed by atoms with Gasteiger partial charge in [0.15, 0.2) is 0 Å². The van der Waals surface area contributed by atoms with Gasteiger partial charge in [-0.05, 0) is 53.6 Å². The van der Waals surface area contributed by atoms with Crippen molar-refractivity contribution in [2.45, 2.75) is 41.9 Å². The van der Waals surface area contributed by atoms with Gasteiger partial charge in [-0.2, -0.15) is 0 Å². The molecule has 0 saturated carbocycles. The van der Waals surface area contributed by atoms with E-state index in [0.29, 0.717) is 11.8 Å². The second kappa shape index (κ2) is 6.53. The molecular formula is C17H20S2. The standard InChI is InChI=1S/C17H20S2/c1-12(14-3-7-16(18)8-4-14)11-13(2)15-5-9-17(19)10-6-15/h3-10,12-13,18-19H,11H2,1-2H3. The van der Waals surface area contributed by atoms with Gasteiger partial charge in [-0.25, -0.2) is 0 Å². The zero-order valence-electron chi connectivity index (χ0n) is 11.4. The molecule has 0 saturated heterocycles. The molecule has 0 amide bonds. The van der Waals surface area contributed by atoms with E-state index in [1.165, 1.54) is 11.1 Å². The maximum absolute atomic E-state index is 4.33. The van der Waals surface area contributed by atoms with Crippen LogP contribution < -0.4 is 0 Å². The Hall–Kier alpha value is -0.860. The summed E-state index contributed by atoms with van der Waals surface area (Å²) in [6, 6.07) is 17.0. The Morgan fingerprint density at radius 3 is 1.32 bits per heavy atom. The molecule has 0 N–H and O–H groups in total. The predicted octanol–water partition coefficient (Wildman–Crippen LogP) is 5.56. The van der Waals surface area contributed by atoms with Crippen LogP contribution in [0.25, 0.3) is 0 Å². The molecule has 0 heterocycles. The summed E-state index contributed by atoms with van der Waals surface area (Å²) in [6.45, 7) is 4.58. The maximum atomic E-state index is 4.33.